The minimum atomic E-state index is 0.597. The van der Waals surface area contributed by atoms with Gasteiger partial charge in [0.15, 0.2) is 0 Å². The van der Waals surface area contributed by atoms with E-state index in [1.54, 1.807) is 6.20 Å². The molecule has 0 bridgehead atoms. The van der Waals surface area contributed by atoms with Gasteiger partial charge in [-0.25, -0.2) is 4.98 Å². The van der Waals surface area contributed by atoms with E-state index in [1.165, 1.54) is 0 Å². The first-order chi connectivity index (χ1) is 8.90. The van der Waals surface area contributed by atoms with Crippen LogP contribution in [0.4, 0.5) is 0 Å². The summed E-state index contributed by atoms with van der Waals surface area (Å²) in [5.74, 6) is 0.980. The molecule has 2 heterocycles. The third-order valence-electron chi connectivity index (χ3n) is 2.97. The van der Waals surface area contributed by atoms with Crippen molar-refractivity contribution in [1.29, 1.82) is 0 Å². The summed E-state index contributed by atoms with van der Waals surface area (Å²) in [5, 5.41) is 1.12. The number of hydrogen-bond acceptors (Lipinski definition) is 3. The number of fused-ring (bicyclic) bond motifs is 1. The van der Waals surface area contributed by atoms with Gasteiger partial charge >= 0.3 is 0 Å². The predicted molar refractivity (Wildman–Crippen MR) is 71.6 cm³/mol. The van der Waals surface area contributed by atoms with Gasteiger partial charge in [-0.2, -0.15) is 0 Å². The summed E-state index contributed by atoms with van der Waals surface area (Å²) in [6.07, 6.45) is 6.36. The maximum Gasteiger partial charge on any atom is 0.114 e. The zero-order chi connectivity index (χ0) is 12.4. The first-order valence-corrected chi connectivity index (χ1v) is 5.96. The van der Waals surface area contributed by atoms with Gasteiger partial charge in [0.1, 0.15) is 5.82 Å². The molecule has 0 aliphatic carbocycles. The van der Waals surface area contributed by atoms with Crippen LogP contribution in [0.25, 0.3) is 16.6 Å². The van der Waals surface area contributed by atoms with Gasteiger partial charge in [-0.1, -0.05) is 18.2 Å². The van der Waals surface area contributed by atoms with Crippen LogP contribution in [0.1, 0.15) is 5.82 Å². The number of nitrogens with zero attached hydrogens (tertiary/aromatic N) is 3. The molecule has 0 atom stereocenters. The Hall–Kier alpha value is -2.20. The number of pyridine rings is 1. The predicted octanol–water partition coefficient (Wildman–Crippen LogP) is 1.92. The standard InChI is InChI=1S/C14H14N4/c15-7-5-14-17-9-10-18(14)13-6-8-16-12-4-2-1-3-11(12)13/h1-4,6,8-10H,5,7,15H2. The third kappa shape index (κ3) is 1.76. The van der Waals surface area contributed by atoms with E-state index in [0.717, 1.165) is 28.8 Å². The van der Waals surface area contributed by atoms with Gasteiger partial charge in [-0.3, -0.25) is 4.98 Å². The molecule has 0 radical (unpaired) electrons. The monoisotopic (exact) mass is 238 g/mol. The molecule has 2 aromatic heterocycles. The summed E-state index contributed by atoms with van der Waals surface area (Å²) in [4.78, 5) is 8.72. The lowest BCUT2D eigenvalue weighted by Gasteiger charge is -2.09. The maximum atomic E-state index is 5.61. The molecule has 4 heteroatoms. The molecule has 4 nitrogen and oxygen atoms in total. The molecule has 0 fully saturated rings. The van der Waals surface area contributed by atoms with Gasteiger partial charge in [-0.05, 0) is 18.7 Å². The van der Waals surface area contributed by atoms with Crippen LogP contribution >= 0.6 is 0 Å². The Labute approximate surface area is 105 Å². The molecule has 0 saturated heterocycles. The van der Waals surface area contributed by atoms with E-state index in [0.29, 0.717) is 6.54 Å². The Morgan fingerprint density at radius 1 is 1.06 bits per heavy atom. The SMILES string of the molecule is NCCc1nccn1-c1ccnc2ccccc12. The molecular formula is C14H14N4. The molecule has 0 aliphatic rings. The average Bonchev–Trinajstić information content (AvgIpc) is 2.87. The second-order valence-electron chi connectivity index (χ2n) is 4.10. The van der Waals surface area contributed by atoms with Gasteiger partial charge in [-0.15, -0.1) is 0 Å². The third-order valence-corrected chi connectivity index (χ3v) is 2.97. The summed E-state index contributed by atoms with van der Waals surface area (Å²) in [6.45, 7) is 0.597. The van der Waals surface area contributed by atoms with Crippen molar-refractivity contribution >= 4 is 10.9 Å². The van der Waals surface area contributed by atoms with Crippen molar-refractivity contribution in [2.75, 3.05) is 6.54 Å². The van der Waals surface area contributed by atoms with E-state index in [-0.39, 0.29) is 0 Å². The lowest BCUT2D eigenvalue weighted by Crippen LogP contribution is -2.09. The Morgan fingerprint density at radius 2 is 1.94 bits per heavy atom. The van der Waals surface area contributed by atoms with Crippen LogP contribution in [0.5, 0.6) is 0 Å². The van der Waals surface area contributed by atoms with E-state index in [9.17, 15) is 0 Å². The number of nitrogens with two attached hydrogens (primary N) is 1. The van der Waals surface area contributed by atoms with Crippen molar-refractivity contribution in [2.24, 2.45) is 5.73 Å². The second-order valence-corrected chi connectivity index (χ2v) is 4.10. The summed E-state index contributed by atoms with van der Waals surface area (Å²) in [6, 6.07) is 10.1. The zero-order valence-electron chi connectivity index (χ0n) is 9.95. The first kappa shape index (κ1) is 10.9. The summed E-state index contributed by atoms with van der Waals surface area (Å²) in [5.41, 5.74) is 7.70. The highest BCUT2D eigenvalue weighted by molar-refractivity contribution is 5.86. The Bertz CT molecular complexity index is 667. The van der Waals surface area contributed by atoms with Gasteiger partial charge in [0, 0.05) is 30.4 Å². The van der Waals surface area contributed by atoms with Crippen LogP contribution in [-0.2, 0) is 6.42 Å². The summed E-state index contributed by atoms with van der Waals surface area (Å²) < 4.78 is 2.08. The van der Waals surface area contributed by atoms with Crippen molar-refractivity contribution in [1.82, 2.24) is 14.5 Å². The minimum absolute atomic E-state index is 0.597. The van der Waals surface area contributed by atoms with Crippen molar-refractivity contribution in [3.63, 3.8) is 0 Å². The van der Waals surface area contributed by atoms with Crippen LogP contribution in [0.2, 0.25) is 0 Å². The highest BCUT2D eigenvalue weighted by Crippen LogP contribution is 2.21. The van der Waals surface area contributed by atoms with Crippen molar-refractivity contribution in [2.45, 2.75) is 6.42 Å². The Kier molecular flexibility index (Phi) is 2.78. The Morgan fingerprint density at radius 3 is 2.83 bits per heavy atom. The fourth-order valence-electron chi connectivity index (χ4n) is 2.16. The minimum Gasteiger partial charge on any atom is -0.330 e. The fraction of sp³-hybridized carbons (Fsp3) is 0.143. The lowest BCUT2D eigenvalue weighted by atomic mass is 10.2. The fourth-order valence-corrected chi connectivity index (χ4v) is 2.16. The molecule has 90 valence electrons. The van der Waals surface area contributed by atoms with Crippen LogP contribution in [0.15, 0.2) is 48.9 Å². The number of imidazole rings is 1. The van der Waals surface area contributed by atoms with E-state index < -0.39 is 0 Å². The smallest absolute Gasteiger partial charge is 0.114 e. The van der Waals surface area contributed by atoms with Crippen LogP contribution in [0.3, 0.4) is 0 Å². The molecule has 1 aromatic carbocycles. The molecule has 3 rings (SSSR count). The van der Waals surface area contributed by atoms with E-state index >= 15 is 0 Å². The van der Waals surface area contributed by atoms with Gasteiger partial charge in [0.2, 0.25) is 0 Å². The maximum absolute atomic E-state index is 5.61. The molecule has 3 aromatic rings. The largest absolute Gasteiger partial charge is 0.330 e. The number of aromatic nitrogens is 3. The van der Waals surface area contributed by atoms with E-state index in [4.69, 9.17) is 5.73 Å². The van der Waals surface area contributed by atoms with Crippen molar-refractivity contribution in [3.05, 3.63) is 54.7 Å². The van der Waals surface area contributed by atoms with E-state index in [2.05, 4.69) is 20.6 Å². The molecular weight excluding hydrogens is 224 g/mol. The van der Waals surface area contributed by atoms with Gasteiger partial charge < -0.3 is 10.3 Å². The second kappa shape index (κ2) is 4.58. The van der Waals surface area contributed by atoms with Crippen molar-refractivity contribution in [3.8, 4) is 5.69 Å². The molecule has 0 aliphatic heterocycles. The highest BCUT2D eigenvalue weighted by atomic mass is 15.1. The Balaban J connectivity index is 2.22. The van der Waals surface area contributed by atoms with Crippen LogP contribution < -0.4 is 5.73 Å². The van der Waals surface area contributed by atoms with Crippen LogP contribution in [0, 0.1) is 0 Å². The zero-order valence-corrected chi connectivity index (χ0v) is 9.95. The molecule has 2 N–H and O–H groups in total. The average molecular weight is 238 g/mol. The summed E-state index contributed by atoms with van der Waals surface area (Å²) >= 11 is 0. The van der Waals surface area contributed by atoms with Gasteiger partial charge in [0.05, 0.1) is 11.2 Å². The molecule has 18 heavy (non-hydrogen) atoms. The summed E-state index contributed by atoms with van der Waals surface area (Å²) in [7, 11) is 0. The number of benzene rings is 1. The highest BCUT2D eigenvalue weighted by Gasteiger charge is 2.07. The number of hydrogen-bond donors (Lipinski definition) is 1. The molecule has 0 amide bonds. The van der Waals surface area contributed by atoms with Crippen molar-refractivity contribution < 1.29 is 0 Å². The number of para-hydroxylation sites is 1. The lowest BCUT2D eigenvalue weighted by molar-refractivity contribution is 0.839. The van der Waals surface area contributed by atoms with Crippen LogP contribution in [-0.4, -0.2) is 21.1 Å². The quantitative estimate of drug-likeness (QED) is 0.758. The molecule has 0 saturated carbocycles. The van der Waals surface area contributed by atoms with E-state index in [1.807, 2.05) is 36.7 Å². The topological polar surface area (TPSA) is 56.7 Å². The van der Waals surface area contributed by atoms with Gasteiger partial charge in [0.25, 0.3) is 0 Å². The molecule has 0 unspecified atom stereocenters. The first-order valence-electron chi connectivity index (χ1n) is 5.96. The number of rotatable bonds is 3. The molecule has 0 spiro atoms. The normalized spacial score (nSPS) is 10.9.